The Morgan fingerprint density at radius 2 is 2.00 bits per heavy atom. The van der Waals surface area contributed by atoms with Crippen molar-refractivity contribution in [2.24, 2.45) is 5.92 Å². The molecule has 4 nitrogen and oxygen atoms in total. The molecular formula is C18H21N3O. The fraction of sp³-hybridized carbons (Fsp3) is 0.444. The van der Waals surface area contributed by atoms with Crippen LogP contribution in [0.25, 0.3) is 10.9 Å². The molecule has 1 aromatic carbocycles. The lowest BCUT2D eigenvalue weighted by atomic mass is 10.1. The van der Waals surface area contributed by atoms with Gasteiger partial charge in [-0.2, -0.15) is 0 Å². The number of carbonyl (C=O) groups excluding carboxylic acids is 1. The Kier molecular flexibility index (Phi) is 3.45. The van der Waals surface area contributed by atoms with Gasteiger partial charge in [0.1, 0.15) is 5.82 Å². The molecule has 2 aliphatic rings. The van der Waals surface area contributed by atoms with Gasteiger partial charge in [0.05, 0.1) is 5.52 Å². The molecule has 1 atom stereocenters. The second kappa shape index (κ2) is 5.59. The molecule has 0 spiro atoms. The first-order valence-corrected chi connectivity index (χ1v) is 8.21. The van der Waals surface area contributed by atoms with E-state index in [0.29, 0.717) is 0 Å². The summed E-state index contributed by atoms with van der Waals surface area (Å²) < 4.78 is 0. The van der Waals surface area contributed by atoms with Crippen LogP contribution in [0.2, 0.25) is 0 Å². The number of hydrogen-bond acceptors (Lipinski definition) is 3. The Balaban J connectivity index is 1.49. The lowest BCUT2D eigenvalue weighted by molar-refractivity contribution is -0.123. The van der Waals surface area contributed by atoms with E-state index in [4.69, 9.17) is 4.98 Å². The number of piperidine rings is 1. The zero-order valence-corrected chi connectivity index (χ0v) is 12.7. The molecule has 1 saturated heterocycles. The van der Waals surface area contributed by atoms with Gasteiger partial charge in [0, 0.05) is 30.4 Å². The molecule has 0 bridgehead atoms. The SMILES string of the molecule is O=C(NC1CCCN(c2ccc3ccccc3n2)C1)C1CC1. The Bertz CT molecular complexity index is 696. The minimum absolute atomic E-state index is 0.248. The van der Waals surface area contributed by atoms with Gasteiger partial charge in [0.2, 0.25) is 5.91 Å². The summed E-state index contributed by atoms with van der Waals surface area (Å²) in [6.45, 7) is 1.88. The molecule has 1 aliphatic carbocycles. The van der Waals surface area contributed by atoms with Gasteiger partial charge in [0.25, 0.3) is 0 Å². The molecule has 2 heterocycles. The molecule has 4 rings (SSSR count). The lowest BCUT2D eigenvalue weighted by Gasteiger charge is -2.34. The van der Waals surface area contributed by atoms with E-state index < -0.39 is 0 Å². The number of fused-ring (bicyclic) bond motifs is 1. The minimum Gasteiger partial charge on any atom is -0.355 e. The van der Waals surface area contributed by atoms with Gasteiger partial charge in [-0.05, 0) is 43.9 Å². The van der Waals surface area contributed by atoms with Crippen LogP contribution in [-0.2, 0) is 4.79 Å². The highest BCUT2D eigenvalue weighted by atomic mass is 16.2. The van der Waals surface area contributed by atoms with E-state index in [1.54, 1.807) is 0 Å². The van der Waals surface area contributed by atoms with Gasteiger partial charge in [-0.3, -0.25) is 4.79 Å². The average molecular weight is 295 g/mol. The highest BCUT2D eigenvalue weighted by Crippen LogP contribution is 2.29. The minimum atomic E-state index is 0.248. The van der Waals surface area contributed by atoms with Crippen molar-refractivity contribution >= 4 is 22.6 Å². The van der Waals surface area contributed by atoms with Crippen LogP contribution in [0.1, 0.15) is 25.7 Å². The van der Waals surface area contributed by atoms with Crippen LogP contribution in [0.15, 0.2) is 36.4 Å². The number of para-hydroxylation sites is 1. The maximum Gasteiger partial charge on any atom is 0.223 e. The largest absolute Gasteiger partial charge is 0.355 e. The van der Waals surface area contributed by atoms with Crippen LogP contribution in [0, 0.1) is 5.92 Å². The number of pyridine rings is 1. The van der Waals surface area contributed by atoms with Gasteiger partial charge in [-0.15, -0.1) is 0 Å². The fourth-order valence-electron chi connectivity index (χ4n) is 3.20. The highest BCUT2D eigenvalue weighted by Gasteiger charge is 2.32. The van der Waals surface area contributed by atoms with E-state index in [9.17, 15) is 4.79 Å². The quantitative estimate of drug-likeness (QED) is 0.947. The molecule has 1 amide bonds. The molecule has 1 aromatic heterocycles. The average Bonchev–Trinajstić information content (AvgIpc) is 3.40. The Morgan fingerprint density at radius 3 is 2.86 bits per heavy atom. The second-order valence-electron chi connectivity index (χ2n) is 6.43. The number of anilines is 1. The van der Waals surface area contributed by atoms with Gasteiger partial charge >= 0.3 is 0 Å². The summed E-state index contributed by atoms with van der Waals surface area (Å²) in [5.74, 6) is 1.55. The maximum absolute atomic E-state index is 11.9. The second-order valence-corrected chi connectivity index (χ2v) is 6.43. The molecule has 2 fully saturated rings. The summed E-state index contributed by atoms with van der Waals surface area (Å²) in [6, 6.07) is 12.7. The van der Waals surface area contributed by atoms with E-state index in [-0.39, 0.29) is 17.9 Å². The van der Waals surface area contributed by atoms with E-state index in [1.807, 2.05) is 12.1 Å². The first-order chi connectivity index (χ1) is 10.8. The molecule has 2 aromatic rings. The molecule has 0 radical (unpaired) electrons. The first-order valence-electron chi connectivity index (χ1n) is 8.21. The number of nitrogens with zero attached hydrogens (tertiary/aromatic N) is 2. The normalized spacial score (nSPS) is 21.8. The maximum atomic E-state index is 11.9. The third kappa shape index (κ3) is 2.78. The zero-order chi connectivity index (χ0) is 14.9. The van der Waals surface area contributed by atoms with E-state index >= 15 is 0 Å². The summed E-state index contributed by atoms with van der Waals surface area (Å²) in [7, 11) is 0. The number of benzene rings is 1. The van der Waals surface area contributed by atoms with Crippen LogP contribution >= 0.6 is 0 Å². The van der Waals surface area contributed by atoms with Crippen LogP contribution in [-0.4, -0.2) is 30.0 Å². The summed E-state index contributed by atoms with van der Waals surface area (Å²) in [4.78, 5) is 19.0. The number of aromatic nitrogens is 1. The topological polar surface area (TPSA) is 45.2 Å². The molecule has 1 unspecified atom stereocenters. The number of nitrogens with one attached hydrogen (secondary N) is 1. The Hall–Kier alpha value is -2.10. The van der Waals surface area contributed by atoms with Crippen molar-refractivity contribution in [2.45, 2.75) is 31.7 Å². The number of hydrogen-bond donors (Lipinski definition) is 1. The highest BCUT2D eigenvalue weighted by molar-refractivity contribution is 5.81. The number of carbonyl (C=O) groups is 1. The van der Waals surface area contributed by atoms with Crippen molar-refractivity contribution in [3.63, 3.8) is 0 Å². The van der Waals surface area contributed by atoms with Gasteiger partial charge in [0.15, 0.2) is 0 Å². The van der Waals surface area contributed by atoms with Gasteiger partial charge < -0.3 is 10.2 Å². The van der Waals surface area contributed by atoms with Gasteiger partial charge in [-0.25, -0.2) is 4.98 Å². The van der Waals surface area contributed by atoms with Crippen LogP contribution in [0.5, 0.6) is 0 Å². The van der Waals surface area contributed by atoms with Crippen molar-refractivity contribution in [3.05, 3.63) is 36.4 Å². The lowest BCUT2D eigenvalue weighted by Crippen LogP contribution is -2.48. The Labute approximate surface area is 130 Å². The third-order valence-corrected chi connectivity index (χ3v) is 4.62. The third-order valence-electron chi connectivity index (χ3n) is 4.62. The van der Waals surface area contributed by atoms with Crippen LogP contribution in [0.4, 0.5) is 5.82 Å². The van der Waals surface area contributed by atoms with Crippen molar-refractivity contribution in [1.82, 2.24) is 10.3 Å². The standard InChI is InChI=1S/C18H21N3O/c22-18(14-7-8-14)19-15-5-3-11-21(12-15)17-10-9-13-4-1-2-6-16(13)20-17/h1-2,4,6,9-10,14-15H,3,5,7-8,11-12H2,(H,19,22). The Morgan fingerprint density at radius 1 is 1.14 bits per heavy atom. The van der Waals surface area contributed by atoms with Gasteiger partial charge in [-0.1, -0.05) is 18.2 Å². The van der Waals surface area contributed by atoms with E-state index in [0.717, 1.165) is 50.1 Å². The molecular weight excluding hydrogens is 274 g/mol. The molecule has 1 saturated carbocycles. The predicted octanol–water partition coefficient (Wildman–Crippen LogP) is 2.73. The first kappa shape index (κ1) is 13.6. The molecule has 4 heteroatoms. The summed E-state index contributed by atoms with van der Waals surface area (Å²) in [5, 5.41) is 4.38. The molecule has 1 aliphatic heterocycles. The van der Waals surface area contributed by atoms with Crippen molar-refractivity contribution in [2.75, 3.05) is 18.0 Å². The van der Waals surface area contributed by atoms with Crippen LogP contribution < -0.4 is 10.2 Å². The molecule has 22 heavy (non-hydrogen) atoms. The number of rotatable bonds is 3. The number of amides is 1. The summed E-state index contributed by atoms with van der Waals surface area (Å²) in [6.07, 6.45) is 4.30. The smallest absolute Gasteiger partial charge is 0.223 e. The van der Waals surface area contributed by atoms with Crippen molar-refractivity contribution in [1.29, 1.82) is 0 Å². The monoisotopic (exact) mass is 295 g/mol. The van der Waals surface area contributed by atoms with Crippen molar-refractivity contribution < 1.29 is 4.79 Å². The fourth-order valence-corrected chi connectivity index (χ4v) is 3.20. The van der Waals surface area contributed by atoms with Crippen molar-refractivity contribution in [3.8, 4) is 0 Å². The molecule has 1 N–H and O–H groups in total. The summed E-state index contributed by atoms with van der Waals surface area (Å²) >= 11 is 0. The molecule has 114 valence electrons. The predicted molar refractivity (Wildman–Crippen MR) is 87.8 cm³/mol. The van der Waals surface area contributed by atoms with E-state index in [2.05, 4.69) is 34.5 Å². The van der Waals surface area contributed by atoms with E-state index in [1.165, 1.54) is 5.39 Å². The summed E-state index contributed by atoms with van der Waals surface area (Å²) in [5.41, 5.74) is 1.03. The zero-order valence-electron chi connectivity index (χ0n) is 12.7. The van der Waals surface area contributed by atoms with Crippen LogP contribution in [0.3, 0.4) is 0 Å².